The Bertz CT molecular complexity index is 842. The molecule has 3 rings (SSSR count). The zero-order valence-corrected chi connectivity index (χ0v) is 13.1. The number of halogens is 1. The maximum atomic E-state index is 11.6. The van der Waals surface area contributed by atoms with Gasteiger partial charge in [0.15, 0.2) is 4.90 Å². The smallest absolute Gasteiger partial charge is 0.153 e. The van der Waals surface area contributed by atoms with Gasteiger partial charge in [-0.3, -0.25) is 0 Å². The molecule has 0 saturated carbocycles. The molecule has 1 unspecified atom stereocenters. The second-order valence-electron chi connectivity index (χ2n) is 4.65. The summed E-state index contributed by atoms with van der Waals surface area (Å²) in [5.74, 6) is 0.555. The summed E-state index contributed by atoms with van der Waals surface area (Å²) in [5.41, 5.74) is 1.38. The van der Waals surface area contributed by atoms with Crippen molar-refractivity contribution in [1.82, 2.24) is 9.97 Å². The van der Waals surface area contributed by atoms with E-state index >= 15 is 0 Å². The van der Waals surface area contributed by atoms with Gasteiger partial charge in [-0.05, 0) is 35.4 Å². The molecule has 2 aromatic carbocycles. The summed E-state index contributed by atoms with van der Waals surface area (Å²) < 4.78 is 11.6. The molecule has 5 nitrogen and oxygen atoms in total. The molecule has 2 N–H and O–H groups in total. The number of phenols is 1. The summed E-state index contributed by atoms with van der Waals surface area (Å²) in [6, 6.07) is 10.2. The summed E-state index contributed by atoms with van der Waals surface area (Å²) in [7, 11) is 0. The van der Waals surface area contributed by atoms with Crippen molar-refractivity contribution in [1.29, 1.82) is 0 Å². The summed E-state index contributed by atoms with van der Waals surface area (Å²) in [6.07, 6.45) is 3.07. The van der Waals surface area contributed by atoms with E-state index in [1.54, 1.807) is 36.6 Å². The molecule has 0 saturated heterocycles. The second kappa shape index (κ2) is 6.00. The molecule has 1 heterocycles. The predicted octanol–water partition coefficient (Wildman–Crippen LogP) is 3.47. The molecule has 0 amide bonds. The van der Waals surface area contributed by atoms with Crippen LogP contribution in [0.1, 0.15) is 0 Å². The Kier molecular flexibility index (Phi) is 4.06. The lowest BCUT2D eigenvalue weighted by Gasteiger charge is -2.10. The SMILES string of the molecule is C[S+]([O-])c1ccc2ncnc(Nc3ccc(Cl)c(O)c3)c2c1. The third-order valence-corrected chi connectivity index (χ3v) is 4.38. The van der Waals surface area contributed by atoms with Gasteiger partial charge in [0.2, 0.25) is 0 Å². The zero-order chi connectivity index (χ0) is 15.7. The number of nitrogens with zero attached hydrogens (tertiary/aromatic N) is 2. The molecule has 3 aromatic rings. The first-order chi connectivity index (χ1) is 10.5. The number of benzene rings is 2. The normalized spacial score (nSPS) is 12.3. The van der Waals surface area contributed by atoms with Crippen molar-refractivity contribution in [3.8, 4) is 5.75 Å². The molecule has 1 aromatic heterocycles. The molecule has 22 heavy (non-hydrogen) atoms. The number of fused-ring (bicyclic) bond motifs is 1. The van der Waals surface area contributed by atoms with Gasteiger partial charge in [-0.1, -0.05) is 11.6 Å². The van der Waals surface area contributed by atoms with Gasteiger partial charge in [0, 0.05) is 23.2 Å². The summed E-state index contributed by atoms with van der Waals surface area (Å²) in [5, 5.41) is 13.8. The van der Waals surface area contributed by atoms with Crippen LogP contribution in [-0.4, -0.2) is 25.9 Å². The summed E-state index contributed by atoms with van der Waals surface area (Å²) >= 11 is 4.71. The van der Waals surface area contributed by atoms with Crippen LogP contribution in [0.5, 0.6) is 5.75 Å². The Morgan fingerprint density at radius 1 is 1.18 bits per heavy atom. The maximum Gasteiger partial charge on any atom is 0.153 e. The highest BCUT2D eigenvalue weighted by Gasteiger charge is 2.10. The molecular formula is C15H12ClN3O2S. The first-order valence-electron chi connectivity index (χ1n) is 6.38. The maximum absolute atomic E-state index is 11.6. The molecule has 0 spiro atoms. The van der Waals surface area contributed by atoms with Crippen molar-refractivity contribution >= 4 is 45.2 Å². The Balaban J connectivity index is 2.05. The minimum atomic E-state index is -1.09. The van der Waals surface area contributed by atoms with Crippen LogP contribution in [0.3, 0.4) is 0 Å². The highest BCUT2D eigenvalue weighted by molar-refractivity contribution is 7.90. The highest BCUT2D eigenvalue weighted by Crippen LogP contribution is 2.30. The van der Waals surface area contributed by atoms with E-state index in [0.29, 0.717) is 16.4 Å². The molecule has 0 aliphatic heterocycles. The van der Waals surface area contributed by atoms with E-state index in [9.17, 15) is 9.66 Å². The fraction of sp³-hybridized carbons (Fsp3) is 0.0667. The lowest BCUT2D eigenvalue weighted by atomic mass is 10.2. The number of hydrogen-bond acceptors (Lipinski definition) is 5. The Hall–Kier alpha value is -2.02. The lowest BCUT2D eigenvalue weighted by Crippen LogP contribution is -2.00. The van der Waals surface area contributed by atoms with Crippen LogP contribution in [-0.2, 0) is 11.2 Å². The van der Waals surface area contributed by atoms with Crippen molar-refractivity contribution in [2.24, 2.45) is 0 Å². The zero-order valence-electron chi connectivity index (χ0n) is 11.6. The lowest BCUT2D eigenvalue weighted by molar-refractivity contribution is 0.476. The Morgan fingerprint density at radius 3 is 2.73 bits per heavy atom. The second-order valence-corrected chi connectivity index (χ2v) is 6.43. The highest BCUT2D eigenvalue weighted by atomic mass is 35.5. The third-order valence-electron chi connectivity index (χ3n) is 3.15. The average Bonchev–Trinajstić information content (AvgIpc) is 2.51. The quantitative estimate of drug-likeness (QED) is 0.717. The third kappa shape index (κ3) is 2.94. The van der Waals surface area contributed by atoms with Crippen LogP contribution < -0.4 is 5.32 Å². The molecule has 112 valence electrons. The van der Waals surface area contributed by atoms with Gasteiger partial charge >= 0.3 is 0 Å². The van der Waals surface area contributed by atoms with E-state index < -0.39 is 11.2 Å². The molecule has 0 aliphatic carbocycles. The average molecular weight is 334 g/mol. The minimum absolute atomic E-state index is 0.0135. The van der Waals surface area contributed by atoms with E-state index in [1.807, 2.05) is 0 Å². The monoisotopic (exact) mass is 333 g/mol. The first kappa shape index (κ1) is 14.9. The summed E-state index contributed by atoms with van der Waals surface area (Å²) in [6.45, 7) is 0. The van der Waals surface area contributed by atoms with Crippen molar-refractivity contribution < 1.29 is 9.66 Å². The van der Waals surface area contributed by atoms with Gasteiger partial charge in [0.25, 0.3) is 0 Å². The molecule has 0 radical (unpaired) electrons. The fourth-order valence-corrected chi connectivity index (χ4v) is 2.70. The van der Waals surface area contributed by atoms with Crippen LogP contribution >= 0.6 is 11.6 Å². The van der Waals surface area contributed by atoms with E-state index in [-0.39, 0.29) is 10.8 Å². The molecule has 0 aliphatic rings. The molecule has 0 fully saturated rings. The number of aromatic hydroxyl groups is 1. The van der Waals surface area contributed by atoms with Gasteiger partial charge in [0.1, 0.15) is 24.2 Å². The van der Waals surface area contributed by atoms with E-state index in [1.165, 1.54) is 12.4 Å². The van der Waals surface area contributed by atoms with E-state index in [4.69, 9.17) is 11.6 Å². The molecule has 1 atom stereocenters. The van der Waals surface area contributed by atoms with Crippen molar-refractivity contribution in [2.75, 3.05) is 11.6 Å². The Morgan fingerprint density at radius 2 is 2.00 bits per heavy atom. The number of aromatic nitrogens is 2. The Labute approximate surface area is 135 Å². The minimum Gasteiger partial charge on any atom is -0.612 e. The predicted molar refractivity (Wildman–Crippen MR) is 88.3 cm³/mol. The van der Waals surface area contributed by atoms with Crippen molar-refractivity contribution in [3.05, 3.63) is 47.7 Å². The number of anilines is 2. The topological polar surface area (TPSA) is 81.1 Å². The molecule has 0 bridgehead atoms. The number of hydrogen-bond donors (Lipinski definition) is 2. The number of phenolic OH excluding ortho intramolecular Hbond substituents is 1. The van der Waals surface area contributed by atoms with Crippen molar-refractivity contribution in [2.45, 2.75) is 4.90 Å². The van der Waals surface area contributed by atoms with Gasteiger partial charge in [-0.2, -0.15) is 0 Å². The van der Waals surface area contributed by atoms with Crippen LogP contribution in [0.4, 0.5) is 11.5 Å². The van der Waals surface area contributed by atoms with Crippen LogP contribution in [0.15, 0.2) is 47.6 Å². The number of rotatable bonds is 3. The van der Waals surface area contributed by atoms with Crippen LogP contribution in [0.2, 0.25) is 5.02 Å². The van der Waals surface area contributed by atoms with Gasteiger partial charge in [-0.15, -0.1) is 0 Å². The van der Waals surface area contributed by atoms with Crippen LogP contribution in [0.25, 0.3) is 10.9 Å². The molecular weight excluding hydrogens is 322 g/mol. The number of nitrogens with one attached hydrogen (secondary N) is 1. The van der Waals surface area contributed by atoms with E-state index in [0.717, 1.165) is 10.9 Å². The van der Waals surface area contributed by atoms with Crippen molar-refractivity contribution in [3.63, 3.8) is 0 Å². The first-order valence-corrected chi connectivity index (χ1v) is 8.32. The van der Waals surface area contributed by atoms with Gasteiger partial charge in [0.05, 0.1) is 10.5 Å². The largest absolute Gasteiger partial charge is 0.612 e. The summed E-state index contributed by atoms with van der Waals surface area (Å²) in [4.78, 5) is 9.11. The molecule has 7 heteroatoms. The fourth-order valence-electron chi connectivity index (χ4n) is 2.04. The van der Waals surface area contributed by atoms with E-state index in [2.05, 4.69) is 15.3 Å². The standard InChI is InChI=1S/C15H12ClN3O2S/c1-22(21)10-3-5-13-11(7-10)15(18-8-17-13)19-9-2-4-12(16)14(20)6-9/h2-8,20H,1H3,(H,17,18,19). The van der Waals surface area contributed by atoms with Gasteiger partial charge in [-0.25, -0.2) is 9.97 Å². The van der Waals surface area contributed by atoms with Crippen LogP contribution in [0, 0.1) is 0 Å². The van der Waals surface area contributed by atoms with Gasteiger partial charge < -0.3 is 15.0 Å².